The van der Waals surface area contributed by atoms with E-state index >= 15 is 0 Å². The number of hydrogen-bond donors (Lipinski definition) is 0. The predicted octanol–water partition coefficient (Wildman–Crippen LogP) is 4.20. The van der Waals surface area contributed by atoms with Crippen molar-refractivity contribution >= 4 is 17.5 Å². The SMILES string of the molecule is CCc1cc(C(=O)N(CC)CC(CC)CC)cc(Cl)n1. The first-order valence-corrected chi connectivity index (χ1v) is 7.89. The van der Waals surface area contributed by atoms with Gasteiger partial charge in [0.1, 0.15) is 5.15 Å². The van der Waals surface area contributed by atoms with Crippen molar-refractivity contribution in [2.75, 3.05) is 13.1 Å². The summed E-state index contributed by atoms with van der Waals surface area (Å²) >= 11 is 6.00. The lowest BCUT2D eigenvalue weighted by Crippen LogP contribution is -2.35. The Balaban J connectivity index is 2.93. The van der Waals surface area contributed by atoms with E-state index in [-0.39, 0.29) is 5.91 Å². The van der Waals surface area contributed by atoms with Crippen molar-refractivity contribution in [2.24, 2.45) is 5.92 Å². The minimum atomic E-state index is 0.0541. The van der Waals surface area contributed by atoms with Crippen LogP contribution in [0.4, 0.5) is 0 Å². The molecule has 0 saturated carbocycles. The highest BCUT2D eigenvalue weighted by Gasteiger charge is 2.18. The van der Waals surface area contributed by atoms with Crippen LogP contribution in [0.3, 0.4) is 0 Å². The van der Waals surface area contributed by atoms with Crippen molar-refractivity contribution in [3.8, 4) is 0 Å². The number of hydrogen-bond acceptors (Lipinski definition) is 2. The Bertz CT molecular complexity index is 444. The van der Waals surface area contributed by atoms with Crippen LogP contribution in [0.25, 0.3) is 0 Å². The minimum absolute atomic E-state index is 0.0541. The molecule has 3 nitrogen and oxygen atoms in total. The number of halogens is 1. The summed E-state index contributed by atoms with van der Waals surface area (Å²) in [5.41, 5.74) is 1.51. The second-order valence-corrected chi connectivity index (χ2v) is 5.44. The molecule has 0 bridgehead atoms. The minimum Gasteiger partial charge on any atom is -0.339 e. The first-order chi connectivity index (χ1) is 9.55. The molecule has 0 atom stereocenters. The molecule has 0 spiro atoms. The second kappa shape index (κ2) is 8.25. The van der Waals surface area contributed by atoms with Gasteiger partial charge in [-0.2, -0.15) is 0 Å². The number of nitrogens with zero attached hydrogens (tertiary/aromatic N) is 2. The molecule has 4 heteroatoms. The van der Waals surface area contributed by atoms with Crippen LogP contribution < -0.4 is 0 Å². The Morgan fingerprint density at radius 3 is 2.40 bits per heavy atom. The fourth-order valence-electron chi connectivity index (χ4n) is 2.25. The number of rotatable bonds is 7. The number of pyridine rings is 1. The predicted molar refractivity (Wildman–Crippen MR) is 84.3 cm³/mol. The second-order valence-electron chi connectivity index (χ2n) is 5.05. The Morgan fingerprint density at radius 1 is 1.25 bits per heavy atom. The lowest BCUT2D eigenvalue weighted by molar-refractivity contribution is 0.0734. The summed E-state index contributed by atoms with van der Waals surface area (Å²) in [6, 6.07) is 3.52. The van der Waals surface area contributed by atoms with E-state index in [1.54, 1.807) is 6.07 Å². The molecule has 0 saturated heterocycles. The fourth-order valence-corrected chi connectivity index (χ4v) is 2.48. The van der Waals surface area contributed by atoms with Crippen LogP contribution in [-0.2, 0) is 6.42 Å². The molecule has 0 N–H and O–H groups in total. The van der Waals surface area contributed by atoms with Gasteiger partial charge in [-0.05, 0) is 31.4 Å². The molecule has 112 valence electrons. The molecular formula is C16H25ClN2O. The number of aryl methyl sites for hydroxylation is 1. The number of amides is 1. The molecular weight excluding hydrogens is 272 g/mol. The van der Waals surface area contributed by atoms with Gasteiger partial charge < -0.3 is 4.90 Å². The van der Waals surface area contributed by atoms with E-state index in [1.165, 1.54) is 0 Å². The lowest BCUT2D eigenvalue weighted by Gasteiger charge is -2.25. The fraction of sp³-hybridized carbons (Fsp3) is 0.625. The van der Waals surface area contributed by atoms with Crippen molar-refractivity contribution in [3.63, 3.8) is 0 Å². The third kappa shape index (κ3) is 4.48. The molecule has 1 heterocycles. The van der Waals surface area contributed by atoms with Crippen LogP contribution in [-0.4, -0.2) is 28.9 Å². The zero-order chi connectivity index (χ0) is 15.1. The average molecular weight is 297 g/mol. The van der Waals surface area contributed by atoms with Gasteiger partial charge in [-0.15, -0.1) is 0 Å². The molecule has 0 aliphatic carbocycles. The van der Waals surface area contributed by atoms with Gasteiger partial charge in [0.05, 0.1) is 0 Å². The summed E-state index contributed by atoms with van der Waals surface area (Å²) in [6.45, 7) is 9.90. The monoisotopic (exact) mass is 296 g/mol. The molecule has 1 rings (SSSR count). The zero-order valence-corrected chi connectivity index (χ0v) is 13.7. The molecule has 0 aliphatic rings. The smallest absolute Gasteiger partial charge is 0.254 e. The standard InChI is InChI=1S/C16H25ClN2O/c1-5-12(6-2)11-19(8-4)16(20)13-9-14(7-3)18-15(17)10-13/h9-10,12H,5-8,11H2,1-4H3. The van der Waals surface area contributed by atoms with Crippen LogP contribution in [0, 0.1) is 5.92 Å². The Morgan fingerprint density at radius 2 is 1.90 bits per heavy atom. The Kier molecular flexibility index (Phi) is 7.00. The van der Waals surface area contributed by atoms with Crippen LogP contribution >= 0.6 is 11.6 Å². The maximum Gasteiger partial charge on any atom is 0.254 e. The molecule has 0 aliphatic heterocycles. The molecule has 1 aromatic rings. The summed E-state index contributed by atoms with van der Waals surface area (Å²) in [7, 11) is 0. The van der Waals surface area contributed by atoms with Gasteiger partial charge in [0.25, 0.3) is 5.91 Å². The van der Waals surface area contributed by atoms with E-state index in [9.17, 15) is 4.79 Å². The first-order valence-electron chi connectivity index (χ1n) is 7.51. The quantitative estimate of drug-likeness (QED) is 0.707. The van der Waals surface area contributed by atoms with E-state index in [2.05, 4.69) is 18.8 Å². The van der Waals surface area contributed by atoms with Crippen molar-refractivity contribution < 1.29 is 4.79 Å². The number of carbonyl (C=O) groups is 1. The molecule has 1 amide bonds. The molecule has 0 aromatic carbocycles. The summed E-state index contributed by atoms with van der Waals surface area (Å²) in [5, 5.41) is 0.395. The van der Waals surface area contributed by atoms with Gasteiger partial charge >= 0.3 is 0 Å². The van der Waals surface area contributed by atoms with Gasteiger partial charge in [-0.1, -0.05) is 45.2 Å². The van der Waals surface area contributed by atoms with Gasteiger partial charge in [-0.3, -0.25) is 4.79 Å². The van der Waals surface area contributed by atoms with Gasteiger partial charge in [0, 0.05) is 24.3 Å². The highest BCUT2D eigenvalue weighted by Crippen LogP contribution is 2.16. The van der Waals surface area contributed by atoms with E-state index in [0.717, 1.165) is 38.0 Å². The van der Waals surface area contributed by atoms with Crippen molar-refractivity contribution in [2.45, 2.75) is 47.0 Å². The Labute approximate surface area is 127 Å². The maximum atomic E-state index is 12.6. The molecule has 0 radical (unpaired) electrons. The Hall–Kier alpha value is -1.09. The first kappa shape index (κ1) is 17.0. The summed E-state index contributed by atoms with van der Waals surface area (Å²) in [5.74, 6) is 0.611. The van der Waals surface area contributed by atoms with Crippen LogP contribution in [0.15, 0.2) is 12.1 Å². The van der Waals surface area contributed by atoms with Gasteiger partial charge in [-0.25, -0.2) is 4.98 Å². The lowest BCUT2D eigenvalue weighted by atomic mass is 10.0. The number of aromatic nitrogens is 1. The van der Waals surface area contributed by atoms with E-state index in [1.807, 2.05) is 24.8 Å². The van der Waals surface area contributed by atoms with Gasteiger partial charge in [0.2, 0.25) is 0 Å². The zero-order valence-electron chi connectivity index (χ0n) is 12.9. The van der Waals surface area contributed by atoms with E-state index in [0.29, 0.717) is 16.6 Å². The van der Waals surface area contributed by atoms with Gasteiger partial charge in [0.15, 0.2) is 0 Å². The number of carbonyl (C=O) groups excluding carboxylic acids is 1. The van der Waals surface area contributed by atoms with Crippen LogP contribution in [0.1, 0.15) is 56.6 Å². The van der Waals surface area contributed by atoms with Crippen molar-refractivity contribution in [3.05, 3.63) is 28.5 Å². The van der Waals surface area contributed by atoms with E-state index in [4.69, 9.17) is 11.6 Å². The largest absolute Gasteiger partial charge is 0.339 e. The third-order valence-corrected chi connectivity index (χ3v) is 3.95. The summed E-state index contributed by atoms with van der Waals surface area (Å²) in [6.07, 6.45) is 2.97. The third-order valence-electron chi connectivity index (χ3n) is 3.76. The summed E-state index contributed by atoms with van der Waals surface area (Å²) < 4.78 is 0. The molecule has 0 fully saturated rings. The molecule has 20 heavy (non-hydrogen) atoms. The highest BCUT2D eigenvalue weighted by molar-refractivity contribution is 6.29. The van der Waals surface area contributed by atoms with E-state index < -0.39 is 0 Å². The highest BCUT2D eigenvalue weighted by atomic mass is 35.5. The topological polar surface area (TPSA) is 33.2 Å². The van der Waals surface area contributed by atoms with Crippen LogP contribution in [0.5, 0.6) is 0 Å². The molecule has 1 aromatic heterocycles. The molecule has 0 unspecified atom stereocenters. The average Bonchev–Trinajstić information content (AvgIpc) is 2.47. The van der Waals surface area contributed by atoms with Crippen molar-refractivity contribution in [1.82, 2.24) is 9.88 Å². The summed E-state index contributed by atoms with van der Waals surface area (Å²) in [4.78, 5) is 18.7. The normalized spacial score (nSPS) is 10.9. The van der Waals surface area contributed by atoms with Crippen molar-refractivity contribution in [1.29, 1.82) is 0 Å². The van der Waals surface area contributed by atoms with Crippen LogP contribution in [0.2, 0.25) is 5.15 Å². The maximum absolute atomic E-state index is 12.6.